The molecule has 0 fully saturated rings. The third-order valence-electron chi connectivity index (χ3n) is 3.74. The van der Waals surface area contributed by atoms with Crippen LogP contribution in [0.2, 0.25) is 0 Å². The number of hydrogen-bond acceptors (Lipinski definition) is 1. The zero-order valence-corrected chi connectivity index (χ0v) is 13.7. The van der Waals surface area contributed by atoms with Gasteiger partial charge in [-0.15, -0.1) is 6.58 Å². The lowest BCUT2D eigenvalue weighted by atomic mass is 9.78. The Bertz CT molecular complexity index is 182. The molecular formula is C14H30OSi. The molecule has 0 aromatic heterocycles. The van der Waals surface area contributed by atoms with Crippen LogP contribution in [0.15, 0.2) is 12.7 Å². The lowest BCUT2D eigenvalue weighted by molar-refractivity contribution is 0.0450. The van der Waals surface area contributed by atoms with Crippen LogP contribution in [0.5, 0.6) is 0 Å². The molecule has 96 valence electrons. The van der Waals surface area contributed by atoms with E-state index in [1.165, 1.54) is 38.5 Å². The maximum absolute atomic E-state index is 5.96. The van der Waals surface area contributed by atoms with Crippen molar-refractivity contribution >= 4 is 10.5 Å². The van der Waals surface area contributed by atoms with Gasteiger partial charge < -0.3 is 4.43 Å². The van der Waals surface area contributed by atoms with Crippen molar-refractivity contribution in [3.63, 3.8) is 0 Å². The fourth-order valence-corrected chi connectivity index (χ4v) is 3.23. The van der Waals surface area contributed by atoms with Crippen molar-refractivity contribution in [1.29, 1.82) is 0 Å². The topological polar surface area (TPSA) is 9.23 Å². The van der Waals surface area contributed by atoms with E-state index in [9.17, 15) is 0 Å². The first-order valence-electron chi connectivity index (χ1n) is 6.89. The van der Waals surface area contributed by atoms with E-state index in [2.05, 4.69) is 33.4 Å². The normalized spacial score (nSPS) is 16.9. The van der Waals surface area contributed by atoms with E-state index in [0.29, 0.717) is 5.92 Å². The first-order chi connectivity index (χ1) is 7.70. The summed E-state index contributed by atoms with van der Waals surface area (Å²) in [7, 11) is 0.812. The highest BCUT2D eigenvalue weighted by atomic mass is 28.2. The fraction of sp³-hybridized carbons (Fsp3) is 0.857. The second kappa shape index (κ2) is 9.00. The third kappa shape index (κ3) is 4.42. The van der Waals surface area contributed by atoms with Crippen molar-refractivity contribution in [3.8, 4) is 0 Å². The molecule has 0 aromatic rings. The Morgan fingerprint density at radius 1 is 1.25 bits per heavy atom. The van der Waals surface area contributed by atoms with Gasteiger partial charge in [0.05, 0.1) is 5.60 Å². The van der Waals surface area contributed by atoms with Crippen LogP contribution in [0.1, 0.15) is 65.7 Å². The van der Waals surface area contributed by atoms with Crippen molar-refractivity contribution in [2.24, 2.45) is 5.92 Å². The highest BCUT2D eigenvalue weighted by Gasteiger charge is 2.33. The van der Waals surface area contributed by atoms with E-state index in [1.807, 2.05) is 0 Å². The van der Waals surface area contributed by atoms with Crippen molar-refractivity contribution in [3.05, 3.63) is 12.7 Å². The number of hydrogen-bond donors (Lipinski definition) is 0. The molecule has 0 radical (unpaired) electrons. The van der Waals surface area contributed by atoms with Crippen molar-refractivity contribution in [2.75, 3.05) is 0 Å². The highest BCUT2D eigenvalue weighted by Crippen LogP contribution is 2.34. The molecule has 16 heavy (non-hydrogen) atoms. The Hall–Kier alpha value is -0.0831. The Morgan fingerprint density at radius 2 is 1.88 bits per heavy atom. The molecule has 2 unspecified atom stereocenters. The molecular weight excluding hydrogens is 212 g/mol. The monoisotopic (exact) mass is 242 g/mol. The Labute approximate surface area is 105 Å². The molecule has 0 saturated heterocycles. The maximum Gasteiger partial charge on any atom is 0.147 e. The van der Waals surface area contributed by atoms with Crippen LogP contribution in [-0.4, -0.2) is 16.1 Å². The average Bonchev–Trinajstić information content (AvgIpc) is 2.34. The minimum absolute atomic E-state index is 0.0217. The van der Waals surface area contributed by atoms with E-state index in [4.69, 9.17) is 4.43 Å². The van der Waals surface area contributed by atoms with Crippen LogP contribution in [-0.2, 0) is 4.43 Å². The third-order valence-corrected chi connectivity index (χ3v) is 4.50. The molecule has 0 saturated carbocycles. The van der Waals surface area contributed by atoms with E-state index >= 15 is 0 Å². The molecule has 0 aliphatic carbocycles. The summed E-state index contributed by atoms with van der Waals surface area (Å²) in [6.45, 7) is 10.8. The quantitative estimate of drug-likeness (QED) is 0.420. The molecule has 2 atom stereocenters. The summed E-state index contributed by atoms with van der Waals surface area (Å²) in [5, 5.41) is 0. The van der Waals surface area contributed by atoms with Crippen LogP contribution in [0.4, 0.5) is 0 Å². The molecule has 0 spiro atoms. The van der Waals surface area contributed by atoms with Gasteiger partial charge in [0.1, 0.15) is 10.5 Å². The summed E-state index contributed by atoms with van der Waals surface area (Å²) in [6.07, 6.45) is 10.8. The summed E-state index contributed by atoms with van der Waals surface area (Å²) in [5.74, 6) is 0.661. The van der Waals surface area contributed by atoms with Gasteiger partial charge in [0.2, 0.25) is 0 Å². The second-order valence-electron chi connectivity index (χ2n) is 4.71. The average molecular weight is 242 g/mol. The SMILES string of the molecule is C=CC(CCCC)(O[SiH3])C(CC)CCCC. The maximum atomic E-state index is 5.96. The molecule has 0 aliphatic heterocycles. The van der Waals surface area contributed by atoms with Crippen LogP contribution in [0.3, 0.4) is 0 Å². The van der Waals surface area contributed by atoms with Gasteiger partial charge >= 0.3 is 0 Å². The smallest absolute Gasteiger partial charge is 0.147 e. The van der Waals surface area contributed by atoms with Crippen LogP contribution < -0.4 is 0 Å². The summed E-state index contributed by atoms with van der Waals surface area (Å²) in [5.41, 5.74) is -0.0217. The van der Waals surface area contributed by atoms with Crippen molar-refractivity contribution in [1.82, 2.24) is 0 Å². The van der Waals surface area contributed by atoms with E-state index < -0.39 is 0 Å². The van der Waals surface area contributed by atoms with Gasteiger partial charge in [0, 0.05) is 0 Å². The van der Waals surface area contributed by atoms with Gasteiger partial charge in [-0.2, -0.15) is 0 Å². The fourth-order valence-electron chi connectivity index (χ4n) is 2.52. The predicted octanol–water partition coefficient (Wildman–Crippen LogP) is 3.61. The number of unbranched alkanes of at least 4 members (excludes halogenated alkanes) is 2. The molecule has 0 bridgehead atoms. The van der Waals surface area contributed by atoms with E-state index in [-0.39, 0.29) is 5.60 Å². The molecule has 0 amide bonds. The Morgan fingerprint density at radius 3 is 2.25 bits per heavy atom. The van der Waals surface area contributed by atoms with E-state index in [0.717, 1.165) is 16.9 Å². The van der Waals surface area contributed by atoms with E-state index in [1.54, 1.807) is 0 Å². The molecule has 0 rings (SSSR count). The van der Waals surface area contributed by atoms with Crippen molar-refractivity contribution in [2.45, 2.75) is 71.3 Å². The summed E-state index contributed by atoms with van der Waals surface area (Å²) < 4.78 is 5.96. The zero-order chi connectivity index (χ0) is 12.4. The van der Waals surface area contributed by atoms with Gasteiger partial charge in [-0.3, -0.25) is 0 Å². The first kappa shape index (κ1) is 15.9. The first-order valence-corrected chi connectivity index (χ1v) is 7.71. The zero-order valence-electron chi connectivity index (χ0n) is 11.7. The van der Waals surface area contributed by atoms with Gasteiger partial charge in [-0.25, -0.2) is 0 Å². The van der Waals surface area contributed by atoms with Crippen LogP contribution >= 0.6 is 0 Å². The molecule has 1 nitrogen and oxygen atoms in total. The van der Waals surface area contributed by atoms with Crippen LogP contribution in [0.25, 0.3) is 0 Å². The molecule has 2 heteroatoms. The largest absolute Gasteiger partial charge is 0.419 e. The Kier molecular flexibility index (Phi) is 8.95. The van der Waals surface area contributed by atoms with Gasteiger partial charge in [0.15, 0.2) is 0 Å². The lowest BCUT2D eigenvalue weighted by Crippen LogP contribution is -2.38. The van der Waals surface area contributed by atoms with Crippen molar-refractivity contribution < 1.29 is 4.43 Å². The molecule has 0 N–H and O–H groups in total. The second-order valence-corrected chi connectivity index (χ2v) is 5.12. The summed E-state index contributed by atoms with van der Waals surface area (Å²) in [4.78, 5) is 0. The molecule has 0 heterocycles. The van der Waals surface area contributed by atoms with Gasteiger partial charge in [-0.1, -0.05) is 59.0 Å². The number of rotatable bonds is 10. The highest BCUT2D eigenvalue weighted by molar-refractivity contribution is 5.98. The van der Waals surface area contributed by atoms with Crippen LogP contribution in [0, 0.1) is 5.92 Å². The summed E-state index contributed by atoms with van der Waals surface area (Å²) in [6, 6.07) is 0. The molecule has 0 aliphatic rings. The lowest BCUT2D eigenvalue weighted by Gasteiger charge is -2.38. The Balaban J connectivity index is 4.59. The minimum Gasteiger partial charge on any atom is -0.419 e. The minimum atomic E-state index is -0.0217. The molecule has 0 aromatic carbocycles. The standard InChI is InChI=1S/C14H30OSi/c1-5-9-11-13(7-3)14(8-4,15-16)12-10-6-2/h8,13H,4-7,9-12H2,1-3,16H3. The predicted molar refractivity (Wildman–Crippen MR) is 76.8 cm³/mol. The van der Waals surface area contributed by atoms with Gasteiger partial charge in [-0.05, 0) is 18.8 Å². The van der Waals surface area contributed by atoms with Gasteiger partial charge in [0.25, 0.3) is 0 Å². The summed E-state index contributed by atoms with van der Waals surface area (Å²) >= 11 is 0.